The Morgan fingerprint density at radius 1 is 1.29 bits per heavy atom. The van der Waals surface area contributed by atoms with Gasteiger partial charge < -0.3 is 19.5 Å². The lowest BCUT2D eigenvalue weighted by Crippen LogP contribution is -2.50. The molecule has 11 heteroatoms. The average molecular weight is 458 g/mol. The Labute approximate surface area is 195 Å². The van der Waals surface area contributed by atoms with E-state index in [9.17, 15) is 5.26 Å². The molecule has 0 radical (unpaired) electrons. The van der Waals surface area contributed by atoms with Crippen LogP contribution in [0.15, 0.2) is 58.8 Å². The SMILES string of the molecule is COc1cc2c(cc1OCCn1ccnn1)CNC1C(Nc3cccc(C#N)c3)=NC=NC1O2. The van der Waals surface area contributed by atoms with Crippen molar-refractivity contribution in [3.63, 3.8) is 0 Å². The highest BCUT2D eigenvalue weighted by Gasteiger charge is 2.33. The molecule has 2 unspecified atom stereocenters. The lowest BCUT2D eigenvalue weighted by Gasteiger charge is -2.27. The van der Waals surface area contributed by atoms with Crippen molar-refractivity contribution in [3.8, 4) is 23.3 Å². The molecule has 3 aromatic rings. The highest BCUT2D eigenvalue weighted by atomic mass is 16.5. The fraction of sp³-hybridized carbons (Fsp3) is 0.261. The first-order chi connectivity index (χ1) is 16.7. The lowest BCUT2D eigenvalue weighted by atomic mass is 10.1. The molecule has 0 saturated carbocycles. The molecule has 2 N–H and O–H groups in total. The van der Waals surface area contributed by atoms with Crippen molar-refractivity contribution in [1.82, 2.24) is 20.3 Å². The second kappa shape index (κ2) is 9.60. The van der Waals surface area contributed by atoms with Gasteiger partial charge in [-0.25, -0.2) is 14.7 Å². The number of ether oxygens (including phenoxy) is 3. The van der Waals surface area contributed by atoms with Gasteiger partial charge in [0.2, 0.25) is 6.23 Å². The minimum Gasteiger partial charge on any atom is -0.493 e. The molecule has 5 rings (SSSR count). The first-order valence-electron chi connectivity index (χ1n) is 10.7. The number of rotatable bonds is 6. The Hall–Kier alpha value is -4.43. The van der Waals surface area contributed by atoms with Gasteiger partial charge >= 0.3 is 0 Å². The second-order valence-corrected chi connectivity index (χ2v) is 7.59. The van der Waals surface area contributed by atoms with Crippen LogP contribution in [0.25, 0.3) is 0 Å². The zero-order valence-electron chi connectivity index (χ0n) is 18.4. The maximum absolute atomic E-state index is 9.17. The van der Waals surface area contributed by atoms with Crippen molar-refractivity contribution in [1.29, 1.82) is 5.26 Å². The molecule has 0 saturated heterocycles. The van der Waals surface area contributed by atoms with Crippen LogP contribution in [0, 0.1) is 11.3 Å². The summed E-state index contributed by atoms with van der Waals surface area (Å²) in [5.41, 5.74) is 2.24. The minimum absolute atomic E-state index is 0.314. The van der Waals surface area contributed by atoms with Gasteiger partial charge in [-0.3, -0.25) is 5.32 Å². The highest BCUT2D eigenvalue weighted by Crippen LogP contribution is 2.37. The average Bonchev–Trinajstić information content (AvgIpc) is 3.31. The van der Waals surface area contributed by atoms with Gasteiger partial charge in [0.05, 0.1) is 31.5 Å². The fourth-order valence-corrected chi connectivity index (χ4v) is 3.74. The van der Waals surface area contributed by atoms with Gasteiger partial charge in [0.15, 0.2) is 11.5 Å². The zero-order chi connectivity index (χ0) is 23.3. The first kappa shape index (κ1) is 21.4. The number of hydrogen-bond donors (Lipinski definition) is 2. The van der Waals surface area contributed by atoms with E-state index in [1.54, 1.807) is 36.3 Å². The minimum atomic E-state index is -0.524. The van der Waals surface area contributed by atoms with Crippen LogP contribution < -0.4 is 24.8 Å². The number of hydrogen-bond acceptors (Lipinski definition) is 10. The van der Waals surface area contributed by atoms with Gasteiger partial charge in [0, 0.05) is 30.1 Å². The number of nitrogens with one attached hydrogen (secondary N) is 2. The Balaban J connectivity index is 1.32. The maximum atomic E-state index is 9.17. The van der Waals surface area contributed by atoms with E-state index in [4.69, 9.17) is 14.2 Å². The molecular weight excluding hydrogens is 436 g/mol. The summed E-state index contributed by atoms with van der Waals surface area (Å²) < 4.78 is 19.4. The molecule has 34 heavy (non-hydrogen) atoms. The molecule has 3 heterocycles. The van der Waals surface area contributed by atoms with Crippen LogP contribution in [0.5, 0.6) is 17.2 Å². The number of nitriles is 1. The topological polar surface area (TPSA) is 131 Å². The van der Waals surface area contributed by atoms with E-state index < -0.39 is 6.23 Å². The summed E-state index contributed by atoms with van der Waals surface area (Å²) in [6.45, 7) is 1.48. The molecule has 2 aromatic carbocycles. The third-order valence-electron chi connectivity index (χ3n) is 5.41. The third kappa shape index (κ3) is 4.53. The monoisotopic (exact) mass is 458 g/mol. The smallest absolute Gasteiger partial charge is 0.213 e. The number of aromatic nitrogens is 3. The Morgan fingerprint density at radius 3 is 3.06 bits per heavy atom. The molecule has 0 fully saturated rings. The maximum Gasteiger partial charge on any atom is 0.213 e. The van der Waals surface area contributed by atoms with Gasteiger partial charge in [-0.15, -0.1) is 5.10 Å². The Kier molecular flexibility index (Phi) is 6.05. The summed E-state index contributed by atoms with van der Waals surface area (Å²) >= 11 is 0. The summed E-state index contributed by atoms with van der Waals surface area (Å²) in [4.78, 5) is 8.83. The van der Waals surface area contributed by atoms with Crippen molar-refractivity contribution >= 4 is 17.9 Å². The molecule has 0 aliphatic carbocycles. The van der Waals surface area contributed by atoms with Crippen LogP contribution >= 0.6 is 0 Å². The Morgan fingerprint density at radius 2 is 2.24 bits per heavy atom. The number of fused-ring (bicyclic) bond motifs is 2. The van der Waals surface area contributed by atoms with E-state index in [0.717, 1.165) is 11.3 Å². The molecular formula is C23H22N8O3. The van der Waals surface area contributed by atoms with E-state index >= 15 is 0 Å². The summed E-state index contributed by atoms with van der Waals surface area (Å²) in [6.07, 6.45) is 4.36. The van der Waals surface area contributed by atoms with E-state index in [0.29, 0.717) is 48.3 Å². The standard InChI is InChI=1S/C23H22N8O3/c1-32-19-11-18-16(10-20(19)33-8-7-31-6-5-28-30-31)13-25-21-22(26-14-27-23(21)34-18)29-17-4-2-3-15(9-17)12-24/h2-6,9-11,14,21,23,25H,7-8,13H2,1H3,(H,26,27,29). The zero-order valence-corrected chi connectivity index (χ0v) is 18.4. The summed E-state index contributed by atoms with van der Waals surface area (Å²) in [7, 11) is 1.59. The van der Waals surface area contributed by atoms with E-state index in [2.05, 4.69) is 37.0 Å². The number of aliphatic imine (C=N–C) groups is 2. The van der Waals surface area contributed by atoms with Crippen LogP contribution in [-0.4, -0.2) is 53.2 Å². The summed E-state index contributed by atoms with van der Waals surface area (Å²) in [5.74, 6) is 2.49. The molecule has 2 aliphatic rings. The molecule has 11 nitrogen and oxygen atoms in total. The van der Waals surface area contributed by atoms with Crippen LogP contribution in [-0.2, 0) is 13.1 Å². The van der Waals surface area contributed by atoms with Crippen molar-refractivity contribution in [2.75, 3.05) is 19.0 Å². The summed E-state index contributed by atoms with van der Waals surface area (Å²) in [5, 5.41) is 23.7. The van der Waals surface area contributed by atoms with Gasteiger partial charge in [0.25, 0.3) is 0 Å². The first-order valence-corrected chi connectivity index (χ1v) is 10.7. The molecule has 0 bridgehead atoms. The fourth-order valence-electron chi connectivity index (χ4n) is 3.74. The number of anilines is 1. The molecule has 172 valence electrons. The summed E-state index contributed by atoms with van der Waals surface area (Å²) in [6, 6.07) is 12.8. The van der Waals surface area contributed by atoms with Crippen molar-refractivity contribution < 1.29 is 14.2 Å². The van der Waals surface area contributed by atoms with Crippen LogP contribution in [0.2, 0.25) is 0 Å². The normalized spacial score (nSPS) is 18.4. The van der Waals surface area contributed by atoms with Crippen molar-refractivity contribution in [2.24, 2.45) is 9.98 Å². The van der Waals surface area contributed by atoms with E-state index in [1.807, 2.05) is 24.3 Å². The predicted molar refractivity (Wildman–Crippen MR) is 124 cm³/mol. The highest BCUT2D eigenvalue weighted by molar-refractivity contribution is 6.04. The van der Waals surface area contributed by atoms with Gasteiger partial charge in [-0.2, -0.15) is 5.26 Å². The number of amidine groups is 1. The van der Waals surface area contributed by atoms with Crippen molar-refractivity contribution in [3.05, 3.63) is 59.9 Å². The van der Waals surface area contributed by atoms with E-state index in [-0.39, 0.29) is 6.04 Å². The predicted octanol–water partition coefficient (Wildman–Crippen LogP) is 1.97. The van der Waals surface area contributed by atoms with Crippen LogP contribution in [0.3, 0.4) is 0 Å². The van der Waals surface area contributed by atoms with Crippen LogP contribution in [0.4, 0.5) is 5.69 Å². The van der Waals surface area contributed by atoms with E-state index in [1.165, 1.54) is 6.34 Å². The molecule has 0 spiro atoms. The van der Waals surface area contributed by atoms with Crippen molar-refractivity contribution in [2.45, 2.75) is 25.4 Å². The van der Waals surface area contributed by atoms with Crippen LogP contribution in [0.1, 0.15) is 11.1 Å². The molecule has 2 aliphatic heterocycles. The largest absolute Gasteiger partial charge is 0.493 e. The number of nitrogens with zero attached hydrogens (tertiary/aromatic N) is 6. The number of benzene rings is 2. The molecule has 0 amide bonds. The third-order valence-corrected chi connectivity index (χ3v) is 5.41. The molecule has 1 aromatic heterocycles. The second-order valence-electron chi connectivity index (χ2n) is 7.59. The van der Waals surface area contributed by atoms with Gasteiger partial charge in [-0.1, -0.05) is 11.3 Å². The molecule has 2 atom stereocenters. The van der Waals surface area contributed by atoms with Gasteiger partial charge in [-0.05, 0) is 24.3 Å². The number of methoxy groups -OCH3 is 1. The van der Waals surface area contributed by atoms with Gasteiger partial charge in [0.1, 0.15) is 30.6 Å². The Bertz CT molecular complexity index is 1270. The lowest BCUT2D eigenvalue weighted by molar-refractivity contribution is 0.194. The quantitative estimate of drug-likeness (QED) is 0.573.